The molecule has 0 aliphatic rings. The summed E-state index contributed by atoms with van der Waals surface area (Å²) in [4.78, 5) is 11.9. The van der Waals surface area contributed by atoms with Crippen molar-refractivity contribution in [2.75, 3.05) is 13.2 Å². The van der Waals surface area contributed by atoms with Crippen molar-refractivity contribution in [1.82, 2.24) is 5.32 Å². The summed E-state index contributed by atoms with van der Waals surface area (Å²) >= 11 is 0. The van der Waals surface area contributed by atoms with Gasteiger partial charge in [0.15, 0.2) is 0 Å². The van der Waals surface area contributed by atoms with Gasteiger partial charge in [-0.3, -0.25) is 0 Å². The monoisotopic (exact) mass is 253 g/mol. The summed E-state index contributed by atoms with van der Waals surface area (Å²) in [6.07, 6.45) is 0.913. The summed E-state index contributed by atoms with van der Waals surface area (Å²) in [5.41, 5.74) is 1.26. The summed E-state index contributed by atoms with van der Waals surface area (Å²) in [7, 11) is 0. The van der Waals surface area contributed by atoms with Crippen LogP contribution in [0.25, 0.3) is 0 Å². The van der Waals surface area contributed by atoms with Gasteiger partial charge in [0.2, 0.25) is 0 Å². The zero-order valence-electron chi connectivity index (χ0n) is 11.1. The van der Waals surface area contributed by atoms with E-state index >= 15 is 0 Å². The Morgan fingerprint density at radius 1 is 1.44 bits per heavy atom. The minimum atomic E-state index is -0.524. The van der Waals surface area contributed by atoms with Crippen LogP contribution < -0.4 is 5.32 Å². The van der Waals surface area contributed by atoms with Gasteiger partial charge in [0.25, 0.3) is 0 Å². The lowest BCUT2D eigenvalue weighted by atomic mass is 10.0. The highest BCUT2D eigenvalue weighted by molar-refractivity contribution is 5.77. The van der Waals surface area contributed by atoms with E-state index in [0.29, 0.717) is 18.7 Å². The van der Waals surface area contributed by atoms with Crippen molar-refractivity contribution in [2.24, 2.45) is 0 Å². The fraction of sp³-hybridized carbons (Fsp3) is 0.500. The molecule has 18 heavy (non-hydrogen) atoms. The van der Waals surface area contributed by atoms with Crippen molar-refractivity contribution < 1.29 is 13.9 Å². The molecule has 4 heteroatoms. The molecule has 1 unspecified atom stereocenters. The van der Waals surface area contributed by atoms with Gasteiger partial charge in [0, 0.05) is 0 Å². The molecule has 0 radical (unpaired) electrons. The maximum Gasteiger partial charge on any atom is 0.327 e. The standard InChI is InChI=1S/C14H20FNO2/c1-4-8-16-13(14(17)18-5-2)11-6-7-12(15)10(3)9-11/h6-7,9,13,16H,4-5,8H2,1-3H3. The zero-order valence-corrected chi connectivity index (χ0v) is 11.1. The van der Waals surface area contributed by atoms with E-state index in [-0.39, 0.29) is 11.8 Å². The van der Waals surface area contributed by atoms with Crippen molar-refractivity contribution in [3.63, 3.8) is 0 Å². The summed E-state index contributed by atoms with van der Waals surface area (Å²) in [5, 5.41) is 3.12. The summed E-state index contributed by atoms with van der Waals surface area (Å²) in [6, 6.07) is 4.15. The van der Waals surface area contributed by atoms with Crippen LogP contribution in [0.2, 0.25) is 0 Å². The second-order valence-electron chi connectivity index (χ2n) is 4.15. The van der Waals surface area contributed by atoms with E-state index in [0.717, 1.165) is 12.0 Å². The number of hydrogen-bond donors (Lipinski definition) is 1. The lowest BCUT2D eigenvalue weighted by Crippen LogP contribution is -2.30. The Kier molecular flexibility index (Phi) is 5.78. The first-order valence-electron chi connectivity index (χ1n) is 6.26. The first kappa shape index (κ1) is 14.6. The maximum atomic E-state index is 13.2. The average molecular weight is 253 g/mol. The number of esters is 1. The van der Waals surface area contributed by atoms with Crippen LogP contribution in [0.3, 0.4) is 0 Å². The molecule has 0 aliphatic carbocycles. The van der Waals surface area contributed by atoms with Crippen molar-refractivity contribution in [3.05, 3.63) is 35.1 Å². The lowest BCUT2D eigenvalue weighted by Gasteiger charge is -2.17. The van der Waals surface area contributed by atoms with Crippen LogP contribution in [0.4, 0.5) is 4.39 Å². The highest BCUT2D eigenvalue weighted by Gasteiger charge is 2.21. The minimum Gasteiger partial charge on any atom is -0.465 e. The van der Waals surface area contributed by atoms with Crippen LogP contribution in [0.5, 0.6) is 0 Å². The van der Waals surface area contributed by atoms with Gasteiger partial charge in [0.05, 0.1) is 6.61 Å². The molecule has 0 spiro atoms. The summed E-state index contributed by atoms with van der Waals surface area (Å²) in [6.45, 7) is 6.51. The molecule has 1 rings (SSSR count). The summed E-state index contributed by atoms with van der Waals surface area (Å²) < 4.78 is 18.3. The number of ether oxygens (including phenoxy) is 1. The number of benzene rings is 1. The third-order valence-corrected chi connectivity index (χ3v) is 2.64. The molecule has 3 nitrogen and oxygen atoms in total. The van der Waals surface area contributed by atoms with Gasteiger partial charge in [-0.15, -0.1) is 0 Å². The SMILES string of the molecule is CCCNC(C(=O)OCC)c1ccc(F)c(C)c1. The molecule has 0 aliphatic heterocycles. The predicted octanol–water partition coefficient (Wildman–Crippen LogP) is 2.74. The molecule has 1 atom stereocenters. The van der Waals surface area contributed by atoms with Crippen LogP contribution >= 0.6 is 0 Å². The average Bonchev–Trinajstić information content (AvgIpc) is 2.34. The third-order valence-electron chi connectivity index (χ3n) is 2.64. The van der Waals surface area contributed by atoms with E-state index in [1.165, 1.54) is 6.07 Å². The Labute approximate surface area is 107 Å². The number of hydrogen-bond acceptors (Lipinski definition) is 3. The molecule has 0 amide bonds. The van der Waals surface area contributed by atoms with E-state index in [2.05, 4.69) is 5.32 Å². The maximum absolute atomic E-state index is 13.2. The molecule has 0 bridgehead atoms. The lowest BCUT2D eigenvalue weighted by molar-refractivity contribution is -0.145. The Morgan fingerprint density at radius 3 is 2.72 bits per heavy atom. The van der Waals surface area contributed by atoms with Crippen molar-refractivity contribution in [1.29, 1.82) is 0 Å². The fourth-order valence-electron chi connectivity index (χ4n) is 1.70. The van der Waals surface area contributed by atoms with Gasteiger partial charge in [-0.05, 0) is 44.0 Å². The van der Waals surface area contributed by atoms with E-state index in [1.807, 2.05) is 6.92 Å². The zero-order chi connectivity index (χ0) is 13.5. The fourth-order valence-corrected chi connectivity index (χ4v) is 1.70. The Hall–Kier alpha value is -1.42. The first-order chi connectivity index (χ1) is 8.60. The van der Waals surface area contributed by atoms with E-state index in [1.54, 1.807) is 26.0 Å². The number of rotatable bonds is 6. The van der Waals surface area contributed by atoms with Gasteiger partial charge in [-0.2, -0.15) is 0 Å². The van der Waals surface area contributed by atoms with E-state index < -0.39 is 6.04 Å². The number of nitrogens with one attached hydrogen (secondary N) is 1. The van der Waals surface area contributed by atoms with Crippen LogP contribution in [-0.2, 0) is 9.53 Å². The van der Waals surface area contributed by atoms with E-state index in [9.17, 15) is 9.18 Å². The molecule has 0 fully saturated rings. The molecule has 0 aromatic heterocycles. The molecule has 0 saturated heterocycles. The minimum absolute atomic E-state index is 0.267. The van der Waals surface area contributed by atoms with Gasteiger partial charge >= 0.3 is 5.97 Å². The number of carbonyl (C=O) groups excluding carboxylic acids is 1. The normalized spacial score (nSPS) is 12.2. The second kappa shape index (κ2) is 7.11. The largest absolute Gasteiger partial charge is 0.465 e. The molecule has 1 aromatic rings. The van der Waals surface area contributed by atoms with Crippen molar-refractivity contribution >= 4 is 5.97 Å². The van der Waals surface area contributed by atoms with Crippen molar-refractivity contribution in [3.8, 4) is 0 Å². The van der Waals surface area contributed by atoms with E-state index in [4.69, 9.17) is 4.74 Å². The molecule has 0 saturated carbocycles. The molecule has 1 N–H and O–H groups in total. The Bertz CT molecular complexity index is 407. The quantitative estimate of drug-likeness (QED) is 0.792. The van der Waals surface area contributed by atoms with Crippen LogP contribution in [0.1, 0.15) is 37.4 Å². The van der Waals surface area contributed by atoms with Crippen molar-refractivity contribution in [2.45, 2.75) is 33.2 Å². The molecular formula is C14H20FNO2. The number of halogens is 1. The molecule has 0 heterocycles. The second-order valence-corrected chi connectivity index (χ2v) is 4.15. The molecule has 100 valence electrons. The smallest absolute Gasteiger partial charge is 0.327 e. The van der Waals surface area contributed by atoms with Crippen LogP contribution in [0, 0.1) is 12.7 Å². The number of carbonyl (C=O) groups is 1. The topological polar surface area (TPSA) is 38.3 Å². The molecular weight excluding hydrogens is 233 g/mol. The highest BCUT2D eigenvalue weighted by Crippen LogP contribution is 2.18. The molecule has 1 aromatic carbocycles. The Morgan fingerprint density at radius 2 is 2.17 bits per heavy atom. The van der Waals surface area contributed by atoms with Gasteiger partial charge in [-0.25, -0.2) is 9.18 Å². The third kappa shape index (κ3) is 3.81. The van der Waals surface area contributed by atoms with Gasteiger partial charge in [0.1, 0.15) is 11.9 Å². The summed E-state index contributed by atoms with van der Waals surface area (Å²) in [5.74, 6) is -0.589. The Balaban J connectivity index is 2.93. The highest BCUT2D eigenvalue weighted by atomic mass is 19.1. The predicted molar refractivity (Wildman–Crippen MR) is 68.8 cm³/mol. The van der Waals surface area contributed by atoms with Gasteiger partial charge < -0.3 is 10.1 Å². The van der Waals surface area contributed by atoms with Crippen LogP contribution in [0.15, 0.2) is 18.2 Å². The number of aryl methyl sites for hydroxylation is 1. The van der Waals surface area contributed by atoms with Crippen LogP contribution in [-0.4, -0.2) is 19.1 Å². The first-order valence-corrected chi connectivity index (χ1v) is 6.26. The van der Waals surface area contributed by atoms with Gasteiger partial charge in [-0.1, -0.05) is 19.1 Å².